The lowest BCUT2D eigenvalue weighted by Crippen LogP contribution is -2.34. The van der Waals surface area contributed by atoms with Gasteiger partial charge >= 0.3 is 0 Å². The molecular weight excluding hydrogens is 276 g/mol. The van der Waals surface area contributed by atoms with E-state index in [1.54, 1.807) is 12.3 Å². The number of nitrogens with one attached hydrogen (secondary N) is 2. The van der Waals surface area contributed by atoms with Gasteiger partial charge in [-0.3, -0.25) is 4.79 Å². The summed E-state index contributed by atoms with van der Waals surface area (Å²) in [4.78, 5) is 14.0. The molecule has 0 amide bonds. The number of H-pyrrole nitrogens is 1. The molecule has 0 spiro atoms. The number of hydrogen-bond acceptors (Lipinski definition) is 3. The fourth-order valence-corrected chi connectivity index (χ4v) is 2.63. The second kappa shape index (κ2) is 5.79. The van der Waals surface area contributed by atoms with Gasteiger partial charge in [-0.25, -0.2) is 0 Å². The van der Waals surface area contributed by atoms with Crippen LogP contribution in [0.3, 0.4) is 0 Å². The molecule has 5 heteroatoms. The van der Waals surface area contributed by atoms with Gasteiger partial charge in [-0.1, -0.05) is 11.6 Å². The monoisotopic (exact) mass is 290 g/mol. The molecule has 1 aromatic carbocycles. The number of pyridine rings is 1. The Bertz CT molecular complexity index is 663. The molecule has 0 radical (unpaired) electrons. The van der Waals surface area contributed by atoms with Gasteiger partial charge in [0.25, 0.3) is 0 Å². The molecule has 0 saturated carbocycles. The van der Waals surface area contributed by atoms with Crippen LogP contribution in [-0.4, -0.2) is 24.7 Å². The third-order valence-corrected chi connectivity index (χ3v) is 3.57. The number of aromatic amines is 1. The van der Waals surface area contributed by atoms with E-state index in [1.807, 2.05) is 24.3 Å². The Morgan fingerprint density at radius 3 is 2.85 bits per heavy atom. The van der Waals surface area contributed by atoms with Crippen molar-refractivity contribution in [2.45, 2.75) is 6.04 Å². The molecule has 2 N–H and O–H groups in total. The van der Waals surface area contributed by atoms with Gasteiger partial charge in [-0.2, -0.15) is 0 Å². The topological polar surface area (TPSA) is 54.1 Å². The Labute approximate surface area is 121 Å². The van der Waals surface area contributed by atoms with Crippen LogP contribution in [-0.2, 0) is 4.74 Å². The summed E-state index contributed by atoms with van der Waals surface area (Å²) in [6.45, 7) is 2.20. The van der Waals surface area contributed by atoms with Crippen molar-refractivity contribution in [1.82, 2.24) is 10.3 Å². The molecule has 104 valence electrons. The lowest BCUT2D eigenvalue weighted by molar-refractivity contribution is 0.0769. The van der Waals surface area contributed by atoms with Crippen molar-refractivity contribution in [2.24, 2.45) is 0 Å². The highest BCUT2D eigenvalue weighted by Gasteiger charge is 2.16. The molecule has 1 aromatic heterocycles. The van der Waals surface area contributed by atoms with Crippen LogP contribution in [0.2, 0.25) is 5.02 Å². The van der Waals surface area contributed by atoms with E-state index in [9.17, 15) is 4.79 Å². The SMILES string of the molecule is O=c1cc(-c2cc(Cl)cc(C3COCCN3)c2)cc[nH]1. The summed E-state index contributed by atoms with van der Waals surface area (Å²) in [5, 5.41) is 4.06. The Morgan fingerprint density at radius 1 is 1.20 bits per heavy atom. The summed E-state index contributed by atoms with van der Waals surface area (Å²) >= 11 is 6.20. The molecule has 1 atom stereocenters. The average Bonchev–Trinajstić information content (AvgIpc) is 2.47. The van der Waals surface area contributed by atoms with Gasteiger partial charge in [0.05, 0.1) is 19.3 Å². The largest absolute Gasteiger partial charge is 0.378 e. The first-order valence-corrected chi connectivity index (χ1v) is 6.91. The predicted molar refractivity (Wildman–Crippen MR) is 79.1 cm³/mol. The predicted octanol–water partition coefficient (Wildman–Crippen LogP) is 2.36. The van der Waals surface area contributed by atoms with E-state index in [2.05, 4.69) is 10.3 Å². The molecule has 0 bridgehead atoms. The zero-order valence-corrected chi connectivity index (χ0v) is 11.6. The average molecular weight is 291 g/mol. The first-order chi connectivity index (χ1) is 9.72. The van der Waals surface area contributed by atoms with Gasteiger partial charge in [-0.05, 0) is 41.0 Å². The van der Waals surface area contributed by atoms with Gasteiger partial charge in [0.15, 0.2) is 0 Å². The molecular formula is C15H15ClN2O2. The summed E-state index contributed by atoms with van der Waals surface area (Å²) in [7, 11) is 0. The van der Waals surface area contributed by atoms with Crippen LogP contribution in [0.5, 0.6) is 0 Å². The van der Waals surface area contributed by atoms with Crippen molar-refractivity contribution >= 4 is 11.6 Å². The van der Waals surface area contributed by atoms with E-state index in [-0.39, 0.29) is 11.6 Å². The molecule has 1 saturated heterocycles. The normalized spacial score (nSPS) is 18.9. The number of morpholine rings is 1. The highest BCUT2D eigenvalue weighted by Crippen LogP contribution is 2.27. The van der Waals surface area contributed by atoms with E-state index in [1.165, 1.54) is 0 Å². The van der Waals surface area contributed by atoms with Crippen LogP contribution in [0.25, 0.3) is 11.1 Å². The fraction of sp³-hybridized carbons (Fsp3) is 0.267. The van der Waals surface area contributed by atoms with Crippen LogP contribution in [0.1, 0.15) is 11.6 Å². The minimum Gasteiger partial charge on any atom is -0.378 e. The van der Waals surface area contributed by atoms with Crippen LogP contribution in [0.4, 0.5) is 0 Å². The highest BCUT2D eigenvalue weighted by molar-refractivity contribution is 6.31. The third kappa shape index (κ3) is 2.93. The summed E-state index contributed by atoms with van der Waals surface area (Å²) in [6, 6.07) is 9.42. The van der Waals surface area contributed by atoms with Crippen molar-refractivity contribution in [3.05, 3.63) is 57.5 Å². The minimum atomic E-state index is -0.122. The van der Waals surface area contributed by atoms with E-state index in [0.717, 1.165) is 29.8 Å². The standard InChI is InChI=1S/C15H15ClN2O2/c16-13-6-11(10-1-2-18-15(19)8-10)5-12(7-13)14-9-20-4-3-17-14/h1-2,5-8,14,17H,3-4,9H2,(H,18,19). The van der Waals surface area contributed by atoms with Gasteiger partial charge in [-0.15, -0.1) is 0 Å². The molecule has 20 heavy (non-hydrogen) atoms. The maximum Gasteiger partial charge on any atom is 0.248 e. The van der Waals surface area contributed by atoms with Gasteiger partial charge in [0.2, 0.25) is 5.56 Å². The summed E-state index contributed by atoms with van der Waals surface area (Å²) < 4.78 is 5.48. The molecule has 1 aliphatic rings. The first kappa shape index (κ1) is 13.4. The van der Waals surface area contributed by atoms with Crippen molar-refractivity contribution in [2.75, 3.05) is 19.8 Å². The second-order valence-corrected chi connectivity index (χ2v) is 5.23. The van der Waals surface area contributed by atoms with Crippen LogP contribution in [0, 0.1) is 0 Å². The fourth-order valence-electron chi connectivity index (χ4n) is 2.38. The van der Waals surface area contributed by atoms with E-state index in [4.69, 9.17) is 16.3 Å². The summed E-state index contributed by atoms with van der Waals surface area (Å²) in [5.74, 6) is 0. The van der Waals surface area contributed by atoms with Crippen LogP contribution < -0.4 is 10.9 Å². The lowest BCUT2D eigenvalue weighted by atomic mass is 10.00. The number of hydrogen-bond donors (Lipinski definition) is 2. The Morgan fingerprint density at radius 2 is 2.10 bits per heavy atom. The number of halogens is 1. The zero-order valence-electron chi connectivity index (χ0n) is 10.9. The van der Waals surface area contributed by atoms with Crippen LogP contribution in [0.15, 0.2) is 41.3 Å². The molecule has 2 heterocycles. The van der Waals surface area contributed by atoms with E-state index >= 15 is 0 Å². The molecule has 2 aromatic rings. The third-order valence-electron chi connectivity index (χ3n) is 3.35. The second-order valence-electron chi connectivity index (χ2n) is 4.80. The minimum absolute atomic E-state index is 0.122. The molecule has 1 fully saturated rings. The van der Waals surface area contributed by atoms with Crippen molar-refractivity contribution in [1.29, 1.82) is 0 Å². The molecule has 0 aliphatic carbocycles. The maximum absolute atomic E-state index is 11.4. The number of rotatable bonds is 2. The van der Waals surface area contributed by atoms with Crippen molar-refractivity contribution in [3.63, 3.8) is 0 Å². The highest BCUT2D eigenvalue weighted by atomic mass is 35.5. The Balaban J connectivity index is 1.99. The Hall–Kier alpha value is -1.62. The van der Waals surface area contributed by atoms with Crippen molar-refractivity contribution in [3.8, 4) is 11.1 Å². The number of ether oxygens (including phenoxy) is 1. The molecule has 3 rings (SSSR count). The maximum atomic E-state index is 11.4. The number of aromatic nitrogens is 1. The van der Waals surface area contributed by atoms with Gasteiger partial charge in [0.1, 0.15) is 0 Å². The van der Waals surface area contributed by atoms with Crippen molar-refractivity contribution < 1.29 is 4.74 Å². The summed E-state index contributed by atoms with van der Waals surface area (Å²) in [5.41, 5.74) is 2.75. The van der Waals surface area contributed by atoms with E-state index < -0.39 is 0 Å². The zero-order chi connectivity index (χ0) is 13.9. The van der Waals surface area contributed by atoms with Crippen LogP contribution >= 0.6 is 11.6 Å². The molecule has 4 nitrogen and oxygen atoms in total. The van der Waals surface area contributed by atoms with Gasteiger partial charge < -0.3 is 15.0 Å². The first-order valence-electron chi connectivity index (χ1n) is 6.53. The molecule has 1 unspecified atom stereocenters. The van der Waals surface area contributed by atoms with Gasteiger partial charge in [0, 0.05) is 23.8 Å². The Kier molecular flexibility index (Phi) is 3.87. The quantitative estimate of drug-likeness (QED) is 0.893. The summed E-state index contributed by atoms with van der Waals surface area (Å²) in [6.07, 6.45) is 1.64. The number of benzene rings is 1. The molecule has 1 aliphatic heterocycles. The lowest BCUT2D eigenvalue weighted by Gasteiger charge is -2.24. The smallest absolute Gasteiger partial charge is 0.248 e. The van der Waals surface area contributed by atoms with E-state index in [0.29, 0.717) is 11.6 Å².